The molecule has 0 saturated carbocycles. The minimum Gasteiger partial charge on any atom is -0.334 e. The lowest BCUT2D eigenvalue weighted by atomic mass is 9.99. The number of nitrogens with zero attached hydrogens (tertiary/aromatic N) is 4. The monoisotopic (exact) mass is 426 g/mol. The average Bonchev–Trinajstić information content (AvgIpc) is 3.27. The number of nitriles is 1. The van der Waals surface area contributed by atoms with Gasteiger partial charge in [0.1, 0.15) is 17.7 Å². The van der Waals surface area contributed by atoms with Crippen LogP contribution in [0.25, 0.3) is 16.6 Å². The molecule has 0 N–H and O–H groups in total. The number of hydrogen-bond acceptors (Lipinski definition) is 3. The number of fused-ring (bicyclic) bond motifs is 1. The zero-order valence-electron chi connectivity index (χ0n) is 17.4. The van der Waals surface area contributed by atoms with Gasteiger partial charge < -0.3 is 4.90 Å². The molecule has 31 heavy (non-hydrogen) atoms. The first-order valence-corrected chi connectivity index (χ1v) is 10.0. The molecule has 4 rings (SSSR count). The smallest absolute Gasteiger partial charge is 0.255 e. The van der Waals surface area contributed by atoms with Crippen molar-refractivity contribution in [3.05, 3.63) is 58.9 Å². The minimum absolute atomic E-state index is 0.0356. The zero-order valence-corrected chi connectivity index (χ0v) is 17.4. The second kappa shape index (κ2) is 7.41. The number of carbonyl (C=O) groups is 1. The molecule has 3 heterocycles. The summed E-state index contributed by atoms with van der Waals surface area (Å²) >= 11 is 0. The first-order valence-electron chi connectivity index (χ1n) is 10.0. The van der Waals surface area contributed by atoms with Crippen LogP contribution < -0.4 is 0 Å². The fourth-order valence-electron chi connectivity index (χ4n) is 4.23. The molecule has 1 aliphatic heterocycles. The van der Waals surface area contributed by atoms with E-state index in [2.05, 4.69) is 5.10 Å². The topological polar surface area (TPSA) is 61.4 Å². The van der Waals surface area contributed by atoms with Crippen LogP contribution >= 0.6 is 0 Å². The maximum atomic E-state index is 14.5. The third-order valence-electron chi connectivity index (χ3n) is 5.71. The number of hydrogen-bond donors (Lipinski definition) is 0. The molecule has 0 spiro atoms. The largest absolute Gasteiger partial charge is 0.334 e. The lowest BCUT2D eigenvalue weighted by Crippen LogP contribution is -2.33. The zero-order chi connectivity index (χ0) is 22.5. The molecule has 0 bridgehead atoms. The summed E-state index contributed by atoms with van der Waals surface area (Å²) in [6.45, 7) is 5.27. The van der Waals surface area contributed by atoms with Gasteiger partial charge in [-0.2, -0.15) is 10.4 Å². The van der Waals surface area contributed by atoms with Crippen LogP contribution in [0.15, 0.2) is 30.3 Å². The van der Waals surface area contributed by atoms with Crippen molar-refractivity contribution >= 4 is 11.4 Å². The summed E-state index contributed by atoms with van der Waals surface area (Å²) < 4.78 is 44.9. The lowest BCUT2D eigenvalue weighted by molar-refractivity contribution is 0.0769. The van der Waals surface area contributed by atoms with Crippen molar-refractivity contribution in [2.24, 2.45) is 0 Å². The molecule has 1 aliphatic rings. The van der Waals surface area contributed by atoms with Crippen LogP contribution in [0.3, 0.4) is 0 Å². The molecule has 2 aromatic heterocycles. The number of carbonyl (C=O) groups excluding carboxylic acids is 1. The summed E-state index contributed by atoms with van der Waals surface area (Å²) in [5.41, 5.74) is -0.113. The molecule has 1 atom stereocenters. The molecule has 160 valence electrons. The van der Waals surface area contributed by atoms with E-state index < -0.39 is 23.2 Å². The molecule has 8 heteroatoms. The molecule has 5 nitrogen and oxygen atoms in total. The summed E-state index contributed by atoms with van der Waals surface area (Å²) in [6, 6.07) is 8.50. The van der Waals surface area contributed by atoms with Crippen molar-refractivity contribution in [2.75, 3.05) is 13.1 Å². The number of halogens is 3. The number of alkyl halides is 1. The average molecular weight is 426 g/mol. The predicted molar refractivity (Wildman–Crippen MR) is 109 cm³/mol. The van der Waals surface area contributed by atoms with Crippen LogP contribution in [0.2, 0.25) is 0 Å². The summed E-state index contributed by atoms with van der Waals surface area (Å²) in [4.78, 5) is 14.5. The number of aromatic nitrogens is 2. The van der Waals surface area contributed by atoms with Crippen molar-refractivity contribution in [3.63, 3.8) is 0 Å². The summed E-state index contributed by atoms with van der Waals surface area (Å²) in [5, 5.41) is 13.5. The van der Waals surface area contributed by atoms with E-state index in [0.29, 0.717) is 28.0 Å². The third-order valence-corrected chi connectivity index (χ3v) is 5.71. The number of rotatable bonds is 3. The van der Waals surface area contributed by atoms with Gasteiger partial charge in [0.15, 0.2) is 0 Å². The normalized spacial score (nSPS) is 18.7. The summed E-state index contributed by atoms with van der Waals surface area (Å²) in [7, 11) is 0. The molecule has 0 aliphatic carbocycles. The van der Waals surface area contributed by atoms with E-state index in [9.17, 15) is 18.0 Å². The Morgan fingerprint density at radius 2 is 1.87 bits per heavy atom. The molecule has 1 saturated heterocycles. The van der Waals surface area contributed by atoms with Crippen molar-refractivity contribution in [2.45, 2.75) is 38.8 Å². The number of aryl methyl sites for hydroxylation is 1. The minimum atomic E-state index is -2.05. The van der Waals surface area contributed by atoms with E-state index in [1.54, 1.807) is 25.1 Å². The van der Waals surface area contributed by atoms with E-state index >= 15 is 0 Å². The Labute approximate surface area is 177 Å². The second-order valence-corrected chi connectivity index (χ2v) is 8.19. The molecule has 0 radical (unpaired) electrons. The Hall–Kier alpha value is -3.34. The Morgan fingerprint density at radius 1 is 1.19 bits per heavy atom. The highest BCUT2D eigenvalue weighted by Gasteiger charge is 2.41. The van der Waals surface area contributed by atoms with Crippen LogP contribution in [-0.2, 0) is 0 Å². The Kier molecular flexibility index (Phi) is 5.00. The highest BCUT2D eigenvalue weighted by atomic mass is 19.1. The second-order valence-electron chi connectivity index (χ2n) is 8.19. The van der Waals surface area contributed by atoms with Gasteiger partial charge in [-0.15, -0.1) is 0 Å². The quantitative estimate of drug-likeness (QED) is 0.605. The van der Waals surface area contributed by atoms with Crippen LogP contribution in [0.4, 0.5) is 13.2 Å². The van der Waals surface area contributed by atoms with Crippen molar-refractivity contribution < 1.29 is 18.0 Å². The molecule has 1 fully saturated rings. The molecule has 3 aromatic rings. The van der Waals surface area contributed by atoms with Gasteiger partial charge >= 0.3 is 0 Å². The lowest BCUT2D eigenvalue weighted by Gasteiger charge is -2.20. The standard InChI is InChI=1S/C23H21F3N4O/c1-13(2)21-15(22(31)29-10-9-23(26,11-27)12-29)7-8-18-19(14(3)28-30(18)21)20-16(24)5-4-6-17(20)25/h4-8,13H,9-10,12H2,1-3H3. The SMILES string of the molecule is Cc1nn2c(C(C)C)c(C(=O)N3CCC(F)(C#N)C3)ccc2c1-c1c(F)cccc1F. The van der Waals surface area contributed by atoms with Crippen LogP contribution in [-0.4, -0.2) is 39.2 Å². The first kappa shape index (κ1) is 20.9. The fourth-order valence-corrected chi connectivity index (χ4v) is 4.23. The van der Waals surface area contributed by atoms with Gasteiger partial charge in [-0.3, -0.25) is 4.79 Å². The van der Waals surface area contributed by atoms with Crippen molar-refractivity contribution in [3.8, 4) is 17.2 Å². The van der Waals surface area contributed by atoms with E-state index in [0.717, 1.165) is 0 Å². The molecule has 1 amide bonds. The Balaban J connectivity index is 1.89. The van der Waals surface area contributed by atoms with Gasteiger partial charge in [0.2, 0.25) is 5.67 Å². The van der Waals surface area contributed by atoms with Gasteiger partial charge in [0.25, 0.3) is 5.91 Å². The van der Waals surface area contributed by atoms with Crippen molar-refractivity contribution in [1.82, 2.24) is 14.5 Å². The first-order chi connectivity index (χ1) is 14.7. The van der Waals surface area contributed by atoms with Gasteiger partial charge in [-0.25, -0.2) is 17.7 Å². The van der Waals surface area contributed by atoms with Gasteiger partial charge in [-0.1, -0.05) is 19.9 Å². The van der Waals surface area contributed by atoms with Gasteiger partial charge in [-0.05, 0) is 37.1 Å². The highest BCUT2D eigenvalue weighted by Crippen LogP contribution is 2.35. The molecule has 1 unspecified atom stereocenters. The highest BCUT2D eigenvalue weighted by molar-refractivity contribution is 5.97. The van der Waals surface area contributed by atoms with Crippen LogP contribution in [0.5, 0.6) is 0 Å². The van der Waals surface area contributed by atoms with E-state index in [1.807, 2.05) is 13.8 Å². The van der Waals surface area contributed by atoms with Gasteiger partial charge in [0, 0.05) is 18.5 Å². The predicted octanol–water partition coefficient (Wildman–Crippen LogP) is 4.79. The summed E-state index contributed by atoms with van der Waals surface area (Å²) in [5.74, 6) is -1.95. The number of likely N-dealkylation sites (tertiary alicyclic amines) is 1. The molecular weight excluding hydrogens is 405 g/mol. The number of benzene rings is 1. The number of pyridine rings is 1. The Bertz CT molecular complexity index is 1220. The Morgan fingerprint density at radius 3 is 2.45 bits per heavy atom. The van der Waals surface area contributed by atoms with Crippen LogP contribution in [0.1, 0.15) is 47.9 Å². The fraction of sp³-hybridized carbons (Fsp3) is 0.348. The maximum absolute atomic E-state index is 14.5. The van der Waals surface area contributed by atoms with E-state index in [-0.39, 0.29) is 31.0 Å². The summed E-state index contributed by atoms with van der Waals surface area (Å²) in [6.07, 6.45) is -0.0356. The van der Waals surface area contributed by atoms with Crippen LogP contribution in [0, 0.1) is 29.9 Å². The third kappa shape index (κ3) is 3.34. The number of amides is 1. The van der Waals surface area contributed by atoms with Crippen molar-refractivity contribution in [1.29, 1.82) is 5.26 Å². The van der Waals surface area contributed by atoms with Gasteiger partial charge in [0.05, 0.1) is 34.6 Å². The van der Waals surface area contributed by atoms with E-state index in [1.165, 1.54) is 27.6 Å². The maximum Gasteiger partial charge on any atom is 0.255 e. The van der Waals surface area contributed by atoms with E-state index in [4.69, 9.17) is 5.26 Å². The molecule has 1 aromatic carbocycles. The molecular formula is C23H21F3N4O.